The highest BCUT2D eigenvalue weighted by atomic mass is 35.5. The van der Waals surface area contributed by atoms with Crippen LogP contribution in [0.4, 0.5) is 0 Å². The van der Waals surface area contributed by atoms with Crippen molar-refractivity contribution in [3.05, 3.63) is 34.9 Å². The maximum Gasteiger partial charge on any atom is 0.313 e. The average molecular weight is 295 g/mol. The Morgan fingerprint density at radius 1 is 1.55 bits per heavy atom. The Balaban J connectivity index is 1.83. The minimum Gasteiger partial charge on any atom is -0.481 e. The Labute approximate surface area is 121 Å². The van der Waals surface area contributed by atoms with Crippen LogP contribution in [-0.4, -0.2) is 41.5 Å². The van der Waals surface area contributed by atoms with Gasteiger partial charge in [-0.2, -0.15) is 0 Å². The topological polar surface area (TPSA) is 69.6 Å². The first-order valence-electron chi connectivity index (χ1n) is 6.50. The van der Waals surface area contributed by atoms with Crippen molar-refractivity contribution in [2.24, 2.45) is 11.3 Å². The lowest BCUT2D eigenvalue weighted by molar-refractivity contribution is -0.149. The summed E-state index contributed by atoms with van der Waals surface area (Å²) in [5, 5.41) is 13.1. The Bertz CT molecular complexity index is 577. The van der Waals surface area contributed by atoms with Crippen molar-refractivity contribution in [1.82, 2.24) is 10.2 Å². The van der Waals surface area contributed by atoms with Crippen LogP contribution in [0.5, 0.6) is 0 Å². The van der Waals surface area contributed by atoms with Crippen LogP contribution in [0.25, 0.3) is 0 Å². The average Bonchev–Trinajstić information content (AvgIpc) is 2.91. The molecule has 0 aromatic heterocycles. The van der Waals surface area contributed by atoms with Crippen molar-refractivity contribution in [3.63, 3.8) is 0 Å². The van der Waals surface area contributed by atoms with Crippen LogP contribution in [0.2, 0.25) is 5.02 Å². The lowest BCUT2D eigenvalue weighted by Crippen LogP contribution is -2.40. The second-order valence-electron chi connectivity index (χ2n) is 5.47. The molecule has 2 N–H and O–H groups in total. The molecule has 1 aromatic carbocycles. The van der Waals surface area contributed by atoms with E-state index in [1.807, 2.05) is 12.1 Å². The zero-order valence-corrected chi connectivity index (χ0v) is 11.6. The number of benzene rings is 1. The van der Waals surface area contributed by atoms with Gasteiger partial charge >= 0.3 is 5.97 Å². The molecule has 20 heavy (non-hydrogen) atoms. The van der Waals surface area contributed by atoms with Crippen LogP contribution >= 0.6 is 11.6 Å². The molecule has 0 radical (unpaired) electrons. The summed E-state index contributed by atoms with van der Waals surface area (Å²) in [6.45, 7) is 1.46. The number of aliphatic carboxylic acids is 1. The third-order valence-electron chi connectivity index (χ3n) is 4.23. The molecule has 0 bridgehead atoms. The number of nitrogens with one attached hydrogen (secondary N) is 1. The molecule has 0 spiro atoms. The Kier molecular flexibility index (Phi) is 3.18. The molecule has 0 saturated carbocycles. The number of amides is 1. The number of likely N-dealkylation sites (tertiary alicyclic amines) is 1. The second kappa shape index (κ2) is 4.75. The number of carboxylic acids is 1. The fraction of sp³-hybridized carbons (Fsp3) is 0.429. The van der Waals surface area contributed by atoms with Crippen LogP contribution < -0.4 is 5.32 Å². The molecule has 2 saturated heterocycles. The summed E-state index contributed by atoms with van der Waals surface area (Å²) in [6.07, 6.45) is 0. The number of rotatable bonds is 3. The quantitative estimate of drug-likeness (QED) is 0.872. The minimum atomic E-state index is -0.977. The summed E-state index contributed by atoms with van der Waals surface area (Å²) in [5.74, 6) is -1.44. The van der Waals surface area contributed by atoms with Gasteiger partial charge in [-0.3, -0.25) is 9.59 Å². The molecule has 2 aliphatic rings. The Morgan fingerprint density at radius 3 is 3.00 bits per heavy atom. The van der Waals surface area contributed by atoms with E-state index in [-0.39, 0.29) is 12.5 Å². The van der Waals surface area contributed by atoms with Gasteiger partial charge in [-0.05, 0) is 17.7 Å². The van der Waals surface area contributed by atoms with Crippen LogP contribution in [-0.2, 0) is 16.1 Å². The molecule has 2 fully saturated rings. The predicted molar refractivity (Wildman–Crippen MR) is 73.3 cm³/mol. The highest BCUT2D eigenvalue weighted by Gasteiger charge is 2.59. The molecule has 0 aliphatic carbocycles. The summed E-state index contributed by atoms with van der Waals surface area (Å²) in [5.41, 5.74) is -0.0605. The van der Waals surface area contributed by atoms with Crippen LogP contribution in [0.3, 0.4) is 0 Å². The molecular weight excluding hydrogens is 280 g/mol. The first kappa shape index (κ1) is 13.4. The summed E-state index contributed by atoms with van der Waals surface area (Å²) in [4.78, 5) is 25.6. The van der Waals surface area contributed by atoms with Gasteiger partial charge < -0.3 is 15.3 Å². The molecule has 2 heterocycles. The number of hydrogen-bond donors (Lipinski definition) is 2. The fourth-order valence-corrected chi connectivity index (χ4v) is 3.38. The maximum absolute atomic E-state index is 12.4. The van der Waals surface area contributed by atoms with Gasteiger partial charge in [-0.1, -0.05) is 23.7 Å². The van der Waals surface area contributed by atoms with Gasteiger partial charge in [0.2, 0.25) is 5.91 Å². The molecule has 3 rings (SSSR count). The van der Waals surface area contributed by atoms with Crippen LogP contribution in [0, 0.1) is 11.3 Å². The summed E-state index contributed by atoms with van der Waals surface area (Å²) < 4.78 is 0. The Hall–Kier alpha value is -1.59. The lowest BCUT2D eigenvalue weighted by atomic mass is 9.81. The molecular formula is C14H15ClN2O3. The number of carboxylic acid groups (broad SMARTS) is 1. The first-order chi connectivity index (χ1) is 9.53. The van der Waals surface area contributed by atoms with Gasteiger partial charge in [0.1, 0.15) is 5.41 Å². The van der Waals surface area contributed by atoms with E-state index in [1.165, 1.54) is 0 Å². The molecule has 1 amide bonds. The van der Waals surface area contributed by atoms with Crippen molar-refractivity contribution in [2.75, 3.05) is 19.6 Å². The van der Waals surface area contributed by atoms with E-state index in [4.69, 9.17) is 11.6 Å². The van der Waals surface area contributed by atoms with Crippen molar-refractivity contribution >= 4 is 23.5 Å². The summed E-state index contributed by atoms with van der Waals surface area (Å²) in [6, 6.07) is 7.29. The largest absolute Gasteiger partial charge is 0.481 e. The number of halogens is 1. The van der Waals surface area contributed by atoms with E-state index in [2.05, 4.69) is 5.32 Å². The number of carbonyl (C=O) groups excluding carboxylic acids is 1. The predicted octanol–water partition coefficient (Wildman–Crippen LogP) is 0.973. The summed E-state index contributed by atoms with van der Waals surface area (Å²) >= 11 is 5.93. The smallest absolute Gasteiger partial charge is 0.313 e. The molecule has 1 aromatic rings. The number of nitrogens with zero attached hydrogens (tertiary/aromatic N) is 1. The highest BCUT2D eigenvalue weighted by molar-refractivity contribution is 6.30. The molecule has 2 aliphatic heterocycles. The van der Waals surface area contributed by atoms with Gasteiger partial charge in [0.15, 0.2) is 0 Å². The molecule has 6 heteroatoms. The normalized spacial score (nSPS) is 28.8. The van der Waals surface area contributed by atoms with Gasteiger partial charge in [0, 0.05) is 31.2 Å². The maximum atomic E-state index is 12.4. The monoisotopic (exact) mass is 294 g/mol. The van der Waals surface area contributed by atoms with E-state index in [0.717, 1.165) is 5.56 Å². The van der Waals surface area contributed by atoms with E-state index >= 15 is 0 Å². The molecule has 5 nitrogen and oxygen atoms in total. The Morgan fingerprint density at radius 2 is 2.35 bits per heavy atom. The third-order valence-corrected chi connectivity index (χ3v) is 4.46. The van der Waals surface area contributed by atoms with Crippen LogP contribution in [0.15, 0.2) is 24.3 Å². The standard InChI is InChI=1S/C14H15ClN2O3/c15-10-3-1-2-9(4-10)6-17-8-14(13(19)20)7-16-5-11(14)12(17)18/h1-4,11,16H,5-8H2,(H,19,20)/t11-,14-/m0/s1. The van der Waals surface area contributed by atoms with E-state index in [9.17, 15) is 14.7 Å². The fourth-order valence-electron chi connectivity index (χ4n) is 3.17. The van der Waals surface area contributed by atoms with E-state index < -0.39 is 17.3 Å². The van der Waals surface area contributed by atoms with Crippen molar-refractivity contribution in [3.8, 4) is 0 Å². The lowest BCUT2D eigenvalue weighted by Gasteiger charge is -2.22. The van der Waals surface area contributed by atoms with Gasteiger partial charge in [-0.15, -0.1) is 0 Å². The zero-order chi connectivity index (χ0) is 14.3. The number of hydrogen-bond acceptors (Lipinski definition) is 3. The molecule has 2 atom stereocenters. The van der Waals surface area contributed by atoms with Crippen molar-refractivity contribution in [2.45, 2.75) is 6.54 Å². The summed E-state index contributed by atoms with van der Waals surface area (Å²) in [7, 11) is 0. The number of fused-ring (bicyclic) bond motifs is 1. The third kappa shape index (κ3) is 1.98. The number of carbonyl (C=O) groups is 2. The highest BCUT2D eigenvalue weighted by Crippen LogP contribution is 2.40. The first-order valence-corrected chi connectivity index (χ1v) is 6.88. The van der Waals surface area contributed by atoms with Gasteiger partial charge in [0.25, 0.3) is 0 Å². The SMILES string of the molecule is O=C1[C@@H]2CNC[C@]2(C(=O)O)CN1Cc1cccc(Cl)c1. The van der Waals surface area contributed by atoms with E-state index in [1.54, 1.807) is 17.0 Å². The zero-order valence-electron chi connectivity index (χ0n) is 10.8. The van der Waals surface area contributed by atoms with Gasteiger partial charge in [0.05, 0.1) is 5.92 Å². The van der Waals surface area contributed by atoms with E-state index in [0.29, 0.717) is 24.7 Å². The van der Waals surface area contributed by atoms with Gasteiger partial charge in [-0.25, -0.2) is 0 Å². The minimum absolute atomic E-state index is 0.0858. The van der Waals surface area contributed by atoms with Crippen molar-refractivity contribution < 1.29 is 14.7 Å². The molecule has 106 valence electrons. The van der Waals surface area contributed by atoms with Crippen molar-refractivity contribution in [1.29, 1.82) is 0 Å². The second-order valence-corrected chi connectivity index (χ2v) is 5.91. The molecule has 0 unspecified atom stereocenters. The van der Waals surface area contributed by atoms with Crippen LogP contribution in [0.1, 0.15) is 5.56 Å².